The summed E-state index contributed by atoms with van der Waals surface area (Å²) in [5.41, 5.74) is 0. The Morgan fingerprint density at radius 3 is 2.05 bits per heavy atom. The van der Waals surface area contributed by atoms with Gasteiger partial charge in [-0.2, -0.15) is 0 Å². The van der Waals surface area contributed by atoms with Crippen LogP contribution in [0, 0.1) is 0 Å². The molecule has 1 aliphatic heterocycles. The van der Waals surface area contributed by atoms with Crippen LogP contribution in [0.5, 0.6) is 0 Å². The largest absolute Gasteiger partial charge is 0.455 e. The fourth-order valence-electron chi connectivity index (χ4n) is 2.28. The fraction of sp³-hybridized carbons (Fsp3) is 0.929. The normalized spacial score (nSPS) is 30.3. The highest BCUT2D eigenvalue weighted by molar-refractivity contribution is 5.77. The van der Waals surface area contributed by atoms with Crippen LogP contribution < -0.4 is 0 Å². The number of rotatable bonds is 9. The third-order valence-electron chi connectivity index (χ3n) is 3.04. The molecule has 0 amide bonds. The van der Waals surface area contributed by atoms with Crippen LogP contribution in [0.15, 0.2) is 0 Å². The monoisotopic (exact) mass is 290 g/mol. The smallest absolute Gasteiger partial charge is 0.338 e. The van der Waals surface area contributed by atoms with Gasteiger partial charge in [-0.15, -0.1) is 0 Å². The Labute approximate surface area is 120 Å². The van der Waals surface area contributed by atoms with Gasteiger partial charge in [0.25, 0.3) is 0 Å². The van der Waals surface area contributed by atoms with E-state index >= 15 is 0 Å². The molecular weight excluding hydrogens is 264 g/mol. The zero-order valence-electron chi connectivity index (χ0n) is 12.8. The molecule has 0 radical (unpaired) electrons. The minimum absolute atomic E-state index is 0.301. The van der Waals surface area contributed by atoms with Crippen LogP contribution in [0.4, 0.5) is 0 Å². The van der Waals surface area contributed by atoms with Gasteiger partial charge in [-0.05, 0) is 27.7 Å². The third-order valence-corrected chi connectivity index (χ3v) is 3.04. The molecule has 0 aromatic heterocycles. The number of hydrogen-bond donors (Lipinski definition) is 0. The first-order valence-corrected chi connectivity index (χ1v) is 7.32. The summed E-state index contributed by atoms with van der Waals surface area (Å²) in [6.07, 6.45) is -2.04. The van der Waals surface area contributed by atoms with Crippen LogP contribution in [0.25, 0.3) is 0 Å². The summed E-state index contributed by atoms with van der Waals surface area (Å²) in [6, 6.07) is 0. The average molecular weight is 290 g/mol. The predicted molar refractivity (Wildman–Crippen MR) is 72.6 cm³/mol. The molecule has 0 aromatic carbocycles. The Hall–Kier alpha value is -0.690. The van der Waals surface area contributed by atoms with E-state index in [-0.39, 0.29) is 6.10 Å². The lowest BCUT2D eigenvalue weighted by atomic mass is 9.99. The Morgan fingerprint density at radius 2 is 1.50 bits per heavy atom. The fourth-order valence-corrected chi connectivity index (χ4v) is 2.28. The average Bonchev–Trinajstić information content (AvgIpc) is 2.44. The molecule has 0 aliphatic carbocycles. The molecule has 0 N–H and O–H groups in total. The SMILES string of the molecule is CCOC[C@H]1OC(=O)[C@@H](OCC)[C@@H](OCC)[C@@H]1OCC. The molecule has 0 spiro atoms. The topological polar surface area (TPSA) is 63.2 Å². The molecule has 1 heterocycles. The highest BCUT2D eigenvalue weighted by Crippen LogP contribution is 2.25. The second-order valence-electron chi connectivity index (χ2n) is 4.35. The van der Waals surface area contributed by atoms with Crippen molar-refractivity contribution < 1.29 is 28.5 Å². The first-order valence-electron chi connectivity index (χ1n) is 7.32. The lowest BCUT2D eigenvalue weighted by Crippen LogP contribution is -2.59. The Kier molecular flexibility index (Phi) is 8.06. The predicted octanol–water partition coefficient (Wildman–Crippen LogP) is 1.16. The van der Waals surface area contributed by atoms with E-state index < -0.39 is 24.3 Å². The first kappa shape index (κ1) is 17.4. The minimum atomic E-state index is -0.741. The van der Waals surface area contributed by atoms with Crippen LogP contribution in [0.3, 0.4) is 0 Å². The van der Waals surface area contributed by atoms with Crippen LogP contribution in [-0.2, 0) is 28.5 Å². The molecule has 1 aliphatic rings. The highest BCUT2D eigenvalue weighted by Gasteiger charge is 2.48. The summed E-state index contributed by atoms with van der Waals surface area (Å²) in [4.78, 5) is 12.1. The maximum absolute atomic E-state index is 12.1. The van der Waals surface area contributed by atoms with Gasteiger partial charge in [-0.25, -0.2) is 4.79 Å². The van der Waals surface area contributed by atoms with Gasteiger partial charge in [0.15, 0.2) is 12.2 Å². The molecule has 4 atom stereocenters. The summed E-state index contributed by atoms with van der Waals surface area (Å²) in [5, 5.41) is 0. The zero-order valence-corrected chi connectivity index (χ0v) is 12.8. The van der Waals surface area contributed by atoms with Gasteiger partial charge >= 0.3 is 5.97 Å². The van der Waals surface area contributed by atoms with Gasteiger partial charge in [-0.3, -0.25) is 0 Å². The molecule has 1 rings (SSSR count). The van der Waals surface area contributed by atoms with Gasteiger partial charge in [0.2, 0.25) is 0 Å². The van der Waals surface area contributed by atoms with Crippen LogP contribution >= 0.6 is 0 Å². The Bertz CT molecular complexity index is 283. The number of carbonyl (C=O) groups is 1. The molecule has 1 saturated heterocycles. The van der Waals surface area contributed by atoms with E-state index in [1.807, 2.05) is 27.7 Å². The van der Waals surface area contributed by atoms with E-state index in [0.717, 1.165) is 0 Å². The second-order valence-corrected chi connectivity index (χ2v) is 4.35. The van der Waals surface area contributed by atoms with E-state index in [0.29, 0.717) is 33.0 Å². The van der Waals surface area contributed by atoms with Crippen molar-refractivity contribution in [3.8, 4) is 0 Å². The number of ether oxygens (including phenoxy) is 5. The number of cyclic esters (lactones) is 1. The van der Waals surface area contributed by atoms with Crippen molar-refractivity contribution in [3.05, 3.63) is 0 Å². The summed E-state index contributed by atoms with van der Waals surface area (Å²) >= 11 is 0. The Morgan fingerprint density at radius 1 is 0.900 bits per heavy atom. The van der Waals surface area contributed by atoms with Crippen molar-refractivity contribution in [2.45, 2.75) is 52.1 Å². The van der Waals surface area contributed by atoms with E-state index in [4.69, 9.17) is 23.7 Å². The van der Waals surface area contributed by atoms with Gasteiger partial charge in [0, 0.05) is 26.4 Å². The van der Waals surface area contributed by atoms with Crippen molar-refractivity contribution in [1.82, 2.24) is 0 Å². The van der Waals surface area contributed by atoms with Gasteiger partial charge in [0.1, 0.15) is 12.2 Å². The molecule has 20 heavy (non-hydrogen) atoms. The second kappa shape index (κ2) is 9.28. The van der Waals surface area contributed by atoms with E-state index in [1.165, 1.54) is 0 Å². The van der Waals surface area contributed by atoms with Crippen LogP contribution in [0.2, 0.25) is 0 Å². The van der Waals surface area contributed by atoms with Crippen molar-refractivity contribution in [1.29, 1.82) is 0 Å². The van der Waals surface area contributed by atoms with Crippen molar-refractivity contribution in [3.63, 3.8) is 0 Å². The number of carbonyl (C=O) groups excluding carboxylic acids is 1. The van der Waals surface area contributed by atoms with Crippen molar-refractivity contribution >= 4 is 5.97 Å². The van der Waals surface area contributed by atoms with Gasteiger partial charge in [-0.1, -0.05) is 0 Å². The Balaban J connectivity index is 2.86. The van der Waals surface area contributed by atoms with Crippen molar-refractivity contribution in [2.75, 3.05) is 33.0 Å². The molecule has 0 aromatic rings. The summed E-state index contributed by atoms with van der Waals surface area (Å²) < 4.78 is 27.6. The minimum Gasteiger partial charge on any atom is -0.455 e. The van der Waals surface area contributed by atoms with Crippen LogP contribution in [0.1, 0.15) is 27.7 Å². The summed E-state index contributed by atoms with van der Waals surface area (Å²) in [5.74, 6) is -0.411. The highest BCUT2D eigenvalue weighted by atomic mass is 16.6. The quantitative estimate of drug-likeness (QED) is 0.594. The van der Waals surface area contributed by atoms with E-state index in [9.17, 15) is 4.79 Å². The molecule has 118 valence electrons. The molecule has 6 nitrogen and oxygen atoms in total. The number of hydrogen-bond acceptors (Lipinski definition) is 6. The molecule has 1 fully saturated rings. The lowest BCUT2D eigenvalue weighted by Gasteiger charge is -2.40. The molecule has 6 heteroatoms. The maximum Gasteiger partial charge on any atom is 0.338 e. The first-order chi connectivity index (χ1) is 9.69. The third kappa shape index (κ3) is 4.41. The number of esters is 1. The van der Waals surface area contributed by atoms with Gasteiger partial charge < -0.3 is 23.7 Å². The maximum atomic E-state index is 12.1. The van der Waals surface area contributed by atoms with Crippen LogP contribution in [-0.4, -0.2) is 63.4 Å². The zero-order chi connectivity index (χ0) is 15.0. The molecule has 0 saturated carbocycles. The standard InChI is InChI=1S/C14H26O6/c1-5-16-9-10-11(17-6-2)12(18-7-3)13(19-8-4)14(15)20-10/h10-13H,5-9H2,1-4H3/t10-,11-,12+,13+/m1/s1. The summed E-state index contributed by atoms with van der Waals surface area (Å²) in [6.45, 7) is 9.76. The van der Waals surface area contributed by atoms with E-state index in [2.05, 4.69) is 0 Å². The van der Waals surface area contributed by atoms with E-state index in [1.54, 1.807) is 0 Å². The van der Waals surface area contributed by atoms with Gasteiger partial charge in [0.05, 0.1) is 6.61 Å². The lowest BCUT2D eigenvalue weighted by molar-refractivity contribution is -0.231. The van der Waals surface area contributed by atoms with Crippen molar-refractivity contribution in [2.24, 2.45) is 0 Å². The molecular formula is C14H26O6. The molecule has 0 unspecified atom stereocenters. The molecule has 0 bridgehead atoms. The summed E-state index contributed by atoms with van der Waals surface area (Å²) in [7, 11) is 0.